The third-order valence-electron chi connectivity index (χ3n) is 28.6. The zero-order valence-electron chi connectivity index (χ0n) is 83.7. The molecule has 8 aliphatic rings. The lowest BCUT2D eigenvalue weighted by atomic mass is 9.97. The van der Waals surface area contributed by atoms with Crippen molar-refractivity contribution >= 4 is 159 Å². The quantitative estimate of drug-likeness (QED) is 0.0265. The molecular formula is C110H118F2N26O11S. The van der Waals surface area contributed by atoms with Crippen LogP contribution in [0.5, 0.6) is 0 Å². The lowest BCUT2D eigenvalue weighted by molar-refractivity contribution is -0.134. The predicted molar refractivity (Wildman–Crippen MR) is 568 cm³/mol. The summed E-state index contributed by atoms with van der Waals surface area (Å²) in [6, 6.07) is 45.5. The number of aromatic amines is 4. The lowest BCUT2D eigenvalue weighted by Crippen LogP contribution is -2.43. The molecule has 5 saturated heterocycles. The van der Waals surface area contributed by atoms with Crippen LogP contribution >= 0.6 is 11.3 Å². The van der Waals surface area contributed by atoms with E-state index < -0.39 is 11.6 Å². The highest BCUT2D eigenvalue weighted by Gasteiger charge is 2.38. The lowest BCUT2D eigenvalue weighted by Gasteiger charge is -2.31. The van der Waals surface area contributed by atoms with Crippen molar-refractivity contribution in [2.45, 2.75) is 64.7 Å². The number of aryl methyl sites for hydroxylation is 1. The minimum atomic E-state index is -0.948. The number of benzene rings is 7. The molecule has 40 heteroatoms. The number of aromatic nitrogens is 11. The normalized spacial score (nSPS) is 18.1. The molecule has 4 atom stereocenters. The van der Waals surface area contributed by atoms with E-state index in [0.717, 1.165) is 60.3 Å². The second kappa shape index (κ2) is 48.2. The number of nitrogens with zero attached hydrogens (tertiary/aromatic N) is 15. The number of thiazole rings is 1. The van der Waals surface area contributed by atoms with E-state index in [2.05, 4.69) is 176 Å². The van der Waals surface area contributed by atoms with Crippen LogP contribution in [0.1, 0.15) is 117 Å². The average molecular weight is 2050 g/mol. The van der Waals surface area contributed by atoms with Gasteiger partial charge in [-0.25, -0.2) is 23.7 Å². The molecule has 13 aromatic rings. The van der Waals surface area contributed by atoms with Crippen molar-refractivity contribution in [3.05, 3.63) is 250 Å². The van der Waals surface area contributed by atoms with Crippen LogP contribution < -0.4 is 37.2 Å². The van der Waals surface area contributed by atoms with Gasteiger partial charge in [-0.05, 0) is 222 Å². The van der Waals surface area contributed by atoms with Crippen molar-refractivity contribution in [3.63, 3.8) is 0 Å². The van der Waals surface area contributed by atoms with Crippen LogP contribution in [-0.2, 0) is 38.4 Å². The summed E-state index contributed by atoms with van der Waals surface area (Å²) < 4.78 is 27.2. The summed E-state index contributed by atoms with van der Waals surface area (Å²) in [5.74, 6) is 3.44. The monoisotopic (exact) mass is 2050 g/mol. The van der Waals surface area contributed by atoms with E-state index in [-0.39, 0.29) is 112 Å². The van der Waals surface area contributed by atoms with Crippen LogP contribution in [-0.4, -0.2) is 312 Å². The smallest absolute Gasteiger partial charge is 0.272 e. The van der Waals surface area contributed by atoms with Crippen LogP contribution in [0.4, 0.5) is 31.5 Å². The number of halogens is 2. The van der Waals surface area contributed by atoms with Crippen molar-refractivity contribution in [2.75, 3.05) is 173 Å². The second-order valence-corrected chi connectivity index (χ2v) is 39.5. The highest BCUT2D eigenvalue weighted by Crippen LogP contribution is 2.35. The number of H-pyrrole nitrogens is 4. The molecule has 0 spiro atoms. The van der Waals surface area contributed by atoms with Gasteiger partial charge in [-0.1, -0.05) is 84.3 Å². The first kappa shape index (κ1) is 104. The molecule has 0 saturated carbocycles. The van der Waals surface area contributed by atoms with Crippen LogP contribution in [0.25, 0.3) is 71.6 Å². The molecular weight excluding hydrogens is 1930 g/mol. The third-order valence-corrected chi connectivity index (χ3v) is 29.5. The molecule has 11 N–H and O–H groups in total. The van der Waals surface area contributed by atoms with Gasteiger partial charge < -0.3 is 56.8 Å². The Morgan fingerprint density at radius 2 is 0.760 bits per heavy atom. The SMILES string of the molecule is CNC(=O)c1n[nH]c2ccc(NC(=O)C3CCN(CC(=O)N4CCC(C#Cc5ncccn5)CC4)C3)cc12.CNC(=O)c1n[nH]c2ccc(NC(=O)[C@@H]3CCN(CC(=O)N4CC=C(c5ccccc5)CC4)C3)cc12.CNC(=O)c1n[nH]c2ccc(NC(=O)[C@@H]3CCN(CC(=O)N4CC=C(c5nccs5)CC4)C3)cc12.Cc1ccc(C2=CCN(C(=O)CN3CC[C@@H](C(=O)Nc4ccc5[nH]nc(-c6ccc(F)c(F)c6)c5c4)C3)CC2)cc1. The first-order chi connectivity index (χ1) is 72.9. The number of amides is 11. The molecule has 774 valence electrons. The van der Waals surface area contributed by atoms with E-state index in [4.69, 9.17) is 0 Å². The van der Waals surface area contributed by atoms with Gasteiger partial charge in [0.25, 0.3) is 17.7 Å². The van der Waals surface area contributed by atoms with Gasteiger partial charge in [-0.2, -0.15) is 20.4 Å². The van der Waals surface area contributed by atoms with Crippen molar-refractivity contribution < 1.29 is 61.5 Å². The van der Waals surface area contributed by atoms with Gasteiger partial charge in [0.05, 0.1) is 71.9 Å². The Morgan fingerprint density at radius 1 is 0.380 bits per heavy atom. The number of hydrogen-bond donors (Lipinski definition) is 11. The van der Waals surface area contributed by atoms with Gasteiger partial charge in [0, 0.05) is 179 Å². The summed E-state index contributed by atoms with van der Waals surface area (Å²) in [6.07, 6.45) is 18.4. The first-order valence-corrected chi connectivity index (χ1v) is 51.4. The van der Waals surface area contributed by atoms with E-state index in [1.807, 2.05) is 53.0 Å². The number of carbonyl (C=O) groups excluding carboxylic acids is 11. The van der Waals surface area contributed by atoms with Crippen LogP contribution in [0.3, 0.4) is 0 Å². The molecule has 37 nitrogen and oxygen atoms in total. The van der Waals surface area contributed by atoms with Crippen molar-refractivity contribution in [3.8, 4) is 23.1 Å². The molecule has 0 aliphatic carbocycles. The van der Waals surface area contributed by atoms with Crippen LogP contribution in [0, 0.1) is 60.0 Å². The zero-order valence-corrected chi connectivity index (χ0v) is 84.5. The summed E-state index contributed by atoms with van der Waals surface area (Å²) in [5, 5.41) is 53.0. The Balaban J connectivity index is 0.000000131. The number of anilines is 4. The molecule has 7 aromatic carbocycles. The number of piperidine rings is 1. The summed E-state index contributed by atoms with van der Waals surface area (Å²) in [7, 11) is 4.65. The number of fused-ring (bicyclic) bond motifs is 4. The molecule has 150 heavy (non-hydrogen) atoms. The molecule has 0 radical (unpaired) electrons. The fraction of sp³-hybridized carbons (Fsp3) is 0.345. The summed E-state index contributed by atoms with van der Waals surface area (Å²) in [6.45, 7) is 13.6. The largest absolute Gasteiger partial charge is 0.354 e. The van der Waals surface area contributed by atoms with Gasteiger partial charge in [-0.15, -0.1) is 11.3 Å². The summed E-state index contributed by atoms with van der Waals surface area (Å²) in [4.78, 5) is 168. The summed E-state index contributed by atoms with van der Waals surface area (Å²) >= 11 is 1.62. The van der Waals surface area contributed by atoms with Crippen LogP contribution in [0.2, 0.25) is 0 Å². The van der Waals surface area contributed by atoms with E-state index in [9.17, 15) is 61.5 Å². The molecule has 1 unspecified atom stereocenters. The standard InChI is InChI=1S/C32H31F2N5O2.C27H30N8O3.C27H30N6O3.C24H27N7O3S/c1-20-2-4-21(5-3-20)22-11-14-39(15-12-22)30(40)19-38-13-10-24(18-38)32(41)35-25-7-9-29-26(17-25)31(37-36-29)23-6-8-27(33)28(34)16-23;1-28-27(38)25-21-15-20(4-5-22(21)32-33-25)31-26(37)19-9-12-34(16-19)17-24(36)35-13-7-18(8-14-35)3-6-23-29-10-2-11-30-23;1-28-27(36)25-22-15-21(7-8-23(22)30-31-25)29-26(35)20-9-12-32(16-20)17-24(34)33-13-10-19(11-14-33)18-5-3-2-4-6-18;1-25-23(34)21-18-12-17(2-3-19(18)28-29-21)27-22(33)16-4-8-30(13-16)14-20(32)31-9-5-15(6-10-31)24-26-7-11-35-24/h2-9,11,16-17,24H,10,12-15,18-19H2,1H3,(H,35,41)(H,36,37);2,4-5,10-11,15,18-19H,7-9,12-14,16-17H2,1H3,(H,28,38)(H,31,37)(H,32,33);2-8,10,15,20H,9,11-14,16-17H2,1H3,(H,28,36)(H,29,35)(H,30,31);2-3,5,7,11-12,16H,4,6,8-10,13-14H2,1H3,(H,25,34)(H,27,33)(H,28,29)/t24-;;20-;16-/m1.11/s1. The van der Waals surface area contributed by atoms with Crippen molar-refractivity contribution in [1.82, 2.24) is 111 Å². The third kappa shape index (κ3) is 25.6. The fourth-order valence-electron chi connectivity index (χ4n) is 20.0. The van der Waals surface area contributed by atoms with Crippen molar-refractivity contribution in [2.24, 2.45) is 29.6 Å². The molecule has 0 bridgehead atoms. The van der Waals surface area contributed by atoms with Gasteiger partial charge in [0.2, 0.25) is 53.1 Å². The second-order valence-electron chi connectivity index (χ2n) is 38.6. The number of nitrogens with one attached hydrogen (secondary N) is 11. The first-order valence-electron chi connectivity index (χ1n) is 50.5. The average Bonchev–Trinajstić information content (AvgIpc) is 1.67. The maximum Gasteiger partial charge on any atom is 0.272 e. The Hall–Kier alpha value is -16.2. The van der Waals surface area contributed by atoms with Gasteiger partial charge in [-0.3, -0.25) is 92.7 Å². The molecule has 11 amide bonds. The Labute approximate surface area is 867 Å². The predicted octanol–water partition coefficient (Wildman–Crippen LogP) is 11.1. The van der Waals surface area contributed by atoms with Gasteiger partial charge in [0.1, 0.15) is 10.7 Å². The Morgan fingerprint density at radius 3 is 1.15 bits per heavy atom. The minimum Gasteiger partial charge on any atom is -0.354 e. The highest BCUT2D eigenvalue weighted by molar-refractivity contribution is 7.10. The number of carbonyl (C=O) groups is 11. The highest BCUT2D eigenvalue weighted by atomic mass is 32.1. The number of likely N-dealkylation sites (tertiary alicyclic amines) is 5. The van der Waals surface area contributed by atoms with E-state index in [1.165, 1.54) is 39.5 Å². The fourth-order valence-corrected chi connectivity index (χ4v) is 20.7. The van der Waals surface area contributed by atoms with Gasteiger partial charge in [0.15, 0.2) is 28.7 Å². The molecule has 14 heterocycles. The number of rotatable bonds is 23. The summed E-state index contributed by atoms with van der Waals surface area (Å²) in [5.41, 5.74) is 14.5. The van der Waals surface area contributed by atoms with E-state index >= 15 is 0 Å². The van der Waals surface area contributed by atoms with E-state index in [1.54, 1.807) is 130 Å². The molecule has 5 fully saturated rings. The van der Waals surface area contributed by atoms with Gasteiger partial charge >= 0.3 is 0 Å². The number of hydrogen-bond acceptors (Lipinski definition) is 23. The van der Waals surface area contributed by atoms with Crippen LogP contribution in [0.15, 0.2) is 194 Å². The maximum atomic E-state index is 13.8. The maximum absolute atomic E-state index is 13.8. The Kier molecular flexibility index (Phi) is 33.3. The minimum absolute atomic E-state index is 0.0808. The molecule has 6 aromatic heterocycles. The molecule has 8 aliphatic heterocycles. The van der Waals surface area contributed by atoms with E-state index in [0.29, 0.717) is 229 Å². The Bertz CT molecular complexity index is 7350. The van der Waals surface area contributed by atoms with Crippen molar-refractivity contribution in [1.29, 1.82) is 0 Å². The molecule has 21 rings (SSSR count). The topological polar surface area (TPSA) is 451 Å². The zero-order chi connectivity index (χ0) is 104.